The van der Waals surface area contributed by atoms with E-state index >= 15 is 0 Å². The highest BCUT2D eigenvalue weighted by molar-refractivity contribution is 5.91. The molecule has 0 aromatic rings. The van der Waals surface area contributed by atoms with E-state index in [1.807, 2.05) is 0 Å². The Kier molecular flexibility index (Phi) is 4.01. The van der Waals surface area contributed by atoms with Crippen molar-refractivity contribution >= 4 is 5.91 Å². The zero-order valence-corrected chi connectivity index (χ0v) is 6.46. The van der Waals surface area contributed by atoms with Crippen LogP contribution in [0.1, 0.15) is 0 Å². The molecule has 6 nitrogen and oxygen atoms in total. The van der Waals surface area contributed by atoms with Crippen LogP contribution < -0.4 is 16.6 Å². The molecule has 0 spiro atoms. The first-order valence-electron chi connectivity index (χ1n) is 2.95. The summed E-state index contributed by atoms with van der Waals surface area (Å²) >= 11 is 0. The molecular weight excluding hydrogens is 148 g/mol. The molecule has 0 rings (SSSR count). The second-order valence-corrected chi connectivity index (χ2v) is 1.78. The van der Waals surface area contributed by atoms with Crippen molar-refractivity contribution in [3.05, 3.63) is 11.9 Å². The molecule has 0 radical (unpaired) electrons. The molecule has 11 heavy (non-hydrogen) atoms. The Labute approximate surface area is 64.6 Å². The van der Waals surface area contributed by atoms with Crippen molar-refractivity contribution in [1.82, 2.24) is 15.9 Å². The topological polar surface area (TPSA) is 90.6 Å². The van der Waals surface area contributed by atoms with Crippen LogP contribution in [0.15, 0.2) is 11.9 Å². The Morgan fingerprint density at radius 1 is 1.73 bits per heavy atom. The number of nitrogens with zero attached hydrogens (tertiary/aromatic N) is 1. The highest BCUT2D eigenvalue weighted by Crippen LogP contribution is 1.89. The van der Waals surface area contributed by atoms with E-state index in [9.17, 15) is 4.79 Å². The minimum absolute atomic E-state index is 0.0810. The molecule has 0 saturated heterocycles. The van der Waals surface area contributed by atoms with Gasteiger partial charge in [0.2, 0.25) is 0 Å². The van der Waals surface area contributed by atoms with Gasteiger partial charge >= 0.3 is 0 Å². The molecule has 0 atom stereocenters. The van der Waals surface area contributed by atoms with Crippen LogP contribution in [0.2, 0.25) is 0 Å². The second kappa shape index (κ2) is 4.53. The Balaban J connectivity index is 4.16. The number of hydrogen-bond acceptors (Lipinski definition) is 5. The summed E-state index contributed by atoms with van der Waals surface area (Å²) in [7, 11) is 2.79. The smallest absolute Gasteiger partial charge is 0.295 e. The Morgan fingerprint density at radius 2 is 2.27 bits per heavy atom. The van der Waals surface area contributed by atoms with Gasteiger partial charge < -0.3 is 11.2 Å². The lowest BCUT2D eigenvalue weighted by Gasteiger charge is -2.11. The van der Waals surface area contributed by atoms with Gasteiger partial charge in [0.1, 0.15) is 5.70 Å². The average molecular weight is 160 g/mol. The second-order valence-electron chi connectivity index (χ2n) is 1.78. The predicted molar refractivity (Wildman–Crippen MR) is 39.0 cm³/mol. The Morgan fingerprint density at radius 3 is 2.55 bits per heavy atom. The highest BCUT2D eigenvalue weighted by Gasteiger charge is 2.10. The fourth-order valence-electron chi connectivity index (χ4n) is 0.475. The molecule has 0 saturated carbocycles. The lowest BCUT2D eigenvalue weighted by Crippen LogP contribution is -2.37. The lowest BCUT2D eigenvalue weighted by atomic mass is 10.4. The third-order valence-electron chi connectivity index (χ3n) is 0.951. The largest absolute Gasteiger partial charge is 0.403 e. The van der Waals surface area contributed by atoms with Crippen LogP contribution in [-0.4, -0.2) is 30.3 Å². The van der Waals surface area contributed by atoms with E-state index in [2.05, 4.69) is 10.9 Å². The molecule has 0 unspecified atom stereocenters. The van der Waals surface area contributed by atoms with E-state index < -0.39 is 5.91 Å². The van der Waals surface area contributed by atoms with E-state index in [0.717, 1.165) is 6.20 Å². The van der Waals surface area contributed by atoms with Crippen LogP contribution in [0.25, 0.3) is 0 Å². The Hall–Kier alpha value is -1.27. The van der Waals surface area contributed by atoms with Gasteiger partial charge in [0.05, 0.1) is 0 Å². The van der Waals surface area contributed by atoms with Gasteiger partial charge in [0.25, 0.3) is 5.91 Å². The molecule has 0 aliphatic carbocycles. The van der Waals surface area contributed by atoms with E-state index in [1.165, 1.54) is 7.05 Å². The molecule has 0 aliphatic rings. The van der Waals surface area contributed by atoms with Crippen LogP contribution in [0.3, 0.4) is 0 Å². The Bertz CT molecular complexity index is 166. The number of hydrazine groups is 1. The summed E-state index contributed by atoms with van der Waals surface area (Å²) in [5.74, 6) is -0.609. The van der Waals surface area contributed by atoms with Crippen molar-refractivity contribution in [2.24, 2.45) is 5.73 Å². The van der Waals surface area contributed by atoms with Crippen LogP contribution in [0, 0.1) is 0 Å². The van der Waals surface area contributed by atoms with Crippen molar-refractivity contribution in [2.75, 3.05) is 14.1 Å². The number of carbonyl (C=O) groups is 1. The van der Waals surface area contributed by atoms with Gasteiger partial charge in [-0.05, 0) is 0 Å². The maximum absolute atomic E-state index is 10.9. The normalized spacial score (nSPS) is 11.0. The minimum atomic E-state index is -0.609. The van der Waals surface area contributed by atoms with E-state index in [-0.39, 0.29) is 5.70 Å². The van der Waals surface area contributed by atoms with Crippen molar-refractivity contribution in [1.29, 1.82) is 0 Å². The molecule has 0 aromatic carbocycles. The van der Waals surface area contributed by atoms with Crippen molar-refractivity contribution in [2.45, 2.75) is 0 Å². The fourth-order valence-corrected chi connectivity index (χ4v) is 0.475. The van der Waals surface area contributed by atoms with Gasteiger partial charge in [-0.1, -0.05) is 0 Å². The van der Waals surface area contributed by atoms with Gasteiger partial charge in [0, 0.05) is 20.3 Å². The minimum Gasteiger partial charge on any atom is -0.403 e. The van der Waals surface area contributed by atoms with Crippen LogP contribution in [0.4, 0.5) is 0 Å². The number of nitrogens with two attached hydrogens (primary N) is 1. The molecule has 5 N–H and O–H groups in total. The number of hydroxylamine groups is 2. The summed E-state index contributed by atoms with van der Waals surface area (Å²) in [6, 6.07) is 0. The lowest BCUT2D eigenvalue weighted by molar-refractivity contribution is -0.155. The van der Waals surface area contributed by atoms with Crippen molar-refractivity contribution in [3.63, 3.8) is 0 Å². The van der Waals surface area contributed by atoms with E-state index in [0.29, 0.717) is 5.06 Å². The zero-order valence-electron chi connectivity index (χ0n) is 6.46. The first kappa shape index (κ1) is 9.73. The first-order chi connectivity index (χ1) is 5.13. The highest BCUT2D eigenvalue weighted by atomic mass is 16.5. The summed E-state index contributed by atoms with van der Waals surface area (Å²) in [5, 5.41) is 9.10. The van der Waals surface area contributed by atoms with Gasteiger partial charge in [-0.3, -0.25) is 10.0 Å². The number of hydrogen-bond donors (Lipinski definition) is 4. The van der Waals surface area contributed by atoms with Crippen LogP contribution >= 0.6 is 0 Å². The molecule has 0 bridgehead atoms. The predicted octanol–water partition coefficient (Wildman–Crippen LogP) is -1.64. The van der Waals surface area contributed by atoms with Crippen molar-refractivity contribution < 1.29 is 10.0 Å². The van der Waals surface area contributed by atoms with Gasteiger partial charge in [0.15, 0.2) is 0 Å². The monoisotopic (exact) mass is 160 g/mol. The molecule has 0 aliphatic heterocycles. The fraction of sp³-hybridized carbons (Fsp3) is 0.400. The molecule has 64 valence electrons. The van der Waals surface area contributed by atoms with Gasteiger partial charge in [-0.25, -0.2) is 10.5 Å². The molecule has 1 amide bonds. The van der Waals surface area contributed by atoms with Crippen LogP contribution in [0.5, 0.6) is 0 Å². The summed E-state index contributed by atoms with van der Waals surface area (Å²) < 4.78 is 0. The molecule has 6 heteroatoms. The standard InChI is InChI=1S/C5H12N4O2/c1-7-8-4(3-6)5(10)9(2)11/h3,7-8,11H,6H2,1-2H3/b4-3-. The molecular formula is C5H12N4O2. The van der Waals surface area contributed by atoms with E-state index in [4.69, 9.17) is 10.9 Å². The first-order valence-corrected chi connectivity index (χ1v) is 2.95. The molecule has 0 fully saturated rings. The number of rotatable bonds is 3. The maximum Gasteiger partial charge on any atom is 0.295 e. The summed E-state index contributed by atoms with van der Waals surface area (Å²) in [4.78, 5) is 10.9. The van der Waals surface area contributed by atoms with Crippen LogP contribution in [-0.2, 0) is 4.79 Å². The quantitative estimate of drug-likeness (QED) is 0.226. The maximum atomic E-state index is 10.9. The number of carbonyl (C=O) groups excluding carboxylic acids is 1. The van der Waals surface area contributed by atoms with Gasteiger partial charge in [-0.15, -0.1) is 0 Å². The van der Waals surface area contributed by atoms with E-state index in [1.54, 1.807) is 7.05 Å². The summed E-state index contributed by atoms with van der Waals surface area (Å²) in [6.45, 7) is 0. The zero-order chi connectivity index (χ0) is 8.85. The van der Waals surface area contributed by atoms with Gasteiger partial charge in [-0.2, -0.15) is 0 Å². The third kappa shape index (κ3) is 2.87. The SMILES string of the molecule is CNN/C(=C\N)C(=O)N(C)O. The number of amides is 1. The number of nitrogens with one attached hydrogen (secondary N) is 2. The average Bonchev–Trinajstić information content (AvgIpc) is 1.98. The molecule has 0 heterocycles. The molecule has 0 aromatic heterocycles. The third-order valence-corrected chi connectivity index (χ3v) is 0.951. The summed E-state index contributed by atoms with van der Waals surface area (Å²) in [6.07, 6.45) is 1.06. The van der Waals surface area contributed by atoms with Crippen molar-refractivity contribution in [3.8, 4) is 0 Å². The summed E-state index contributed by atoms with van der Waals surface area (Å²) in [5.41, 5.74) is 10.1. The number of likely N-dealkylation sites (N-methyl/N-ethyl adjacent to an activating group) is 1.